The number of nitrogens with zero attached hydrogens (tertiary/aromatic N) is 3. The zero-order valence-corrected chi connectivity index (χ0v) is 17.0. The maximum atomic E-state index is 13.7. The summed E-state index contributed by atoms with van der Waals surface area (Å²) in [6, 6.07) is 12.7. The Morgan fingerprint density at radius 1 is 1.23 bits per heavy atom. The summed E-state index contributed by atoms with van der Waals surface area (Å²) in [4.78, 5) is 22.9. The highest BCUT2D eigenvalue weighted by Gasteiger charge is 2.29. The van der Waals surface area contributed by atoms with Crippen LogP contribution in [0.5, 0.6) is 5.75 Å². The molecule has 0 unspecified atom stereocenters. The molecule has 1 fully saturated rings. The average Bonchev–Trinajstić information content (AvgIpc) is 3.25. The number of amides is 1. The molecule has 0 spiro atoms. The normalized spacial score (nSPS) is 15.7. The minimum Gasteiger partial charge on any atom is -0.481 e. The van der Waals surface area contributed by atoms with E-state index in [0.29, 0.717) is 18.9 Å². The molecule has 0 radical (unpaired) electrons. The van der Waals surface area contributed by atoms with Gasteiger partial charge in [-0.2, -0.15) is 0 Å². The minimum absolute atomic E-state index is 0.0667. The van der Waals surface area contributed by atoms with Gasteiger partial charge in [0.15, 0.2) is 18.2 Å². The van der Waals surface area contributed by atoms with E-state index in [4.69, 9.17) is 4.74 Å². The Kier molecular flexibility index (Phi) is 6.06. The van der Waals surface area contributed by atoms with Gasteiger partial charge < -0.3 is 15.0 Å². The summed E-state index contributed by atoms with van der Waals surface area (Å²) in [7, 11) is 0. The molecule has 1 saturated heterocycles. The van der Waals surface area contributed by atoms with Crippen molar-refractivity contribution in [2.75, 3.05) is 25.0 Å². The van der Waals surface area contributed by atoms with Crippen LogP contribution in [0.2, 0.25) is 0 Å². The molecule has 0 aliphatic carbocycles. The summed E-state index contributed by atoms with van der Waals surface area (Å²) >= 11 is 0. The van der Waals surface area contributed by atoms with E-state index in [9.17, 15) is 13.6 Å². The molecule has 3 aromatic rings. The second-order valence-corrected chi connectivity index (χ2v) is 7.45. The molecule has 1 N–H and O–H groups in total. The number of pyridine rings is 2. The summed E-state index contributed by atoms with van der Waals surface area (Å²) in [6.45, 7) is 2.79. The maximum absolute atomic E-state index is 13.7. The van der Waals surface area contributed by atoms with E-state index in [1.165, 1.54) is 18.2 Å². The van der Waals surface area contributed by atoms with Crippen LogP contribution >= 0.6 is 0 Å². The van der Waals surface area contributed by atoms with Crippen LogP contribution in [0.15, 0.2) is 54.7 Å². The van der Waals surface area contributed by atoms with Crippen LogP contribution in [-0.2, 0) is 4.79 Å². The van der Waals surface area contributed by atoms with Gasteiger partial charge in [0.2, 0.25) is 0 Å². The number of likely N-dealkylation sites (tertiary alicyclic amines) is 1. The zero-order chi connectivity index (χ0) is 21.8. The largest absolute Gasteiger partial charge is 0.481 e. The third-order valence-electron chi connectivity index (χ3n) is 5.12. The first-order valence-electron chi connectivity index (χ1n) is 10.0. The Labute approximate surface area is 178 Å². The first-order chi connectivity index (χ1) is 15.0. The number of nitrogens with one attached hydrogen (secondary N) is 1. The van der Waals surface area contributed by atoms with Crippen molar-refractivity contribution in [1.29, 1.82) is 0 Å². The molecule has 0 saturated carbocycles. The monoisotopic (exact) mass is 424 g/mol. The van der Waals surface area contributed by atoms with Gasteiger partial charge in [-0.15, -0.1) is 0 Å². The predicted molar refractivity (Wildman–Crippen MR) is 112 cm³/mol. The third-order valence-corrected chi connectivity index (χ3v) is 5.12. The highest BCUT2D eigenvalue weighted by atomic mass is 19.1. The van der Waals surface area contributed by atoms with Crippen LogP contribution in [0.4, 0.5) is 20.3 Å². The Morgan fingerprint density at radius 3 is 2.84 bits per heavy atom. The number of ether oxygens (including phenoxy) is 1. The molecule has 4 rings (SSSR count). The maximum Gasteiger partial charge on any atom is 0.260 e. The SMILES string of the molecule is Cc1cc(Nc2ccc(F)cn2)cc([C@@H]2CCN(C(=O)COc3ccccc3F)C2)n1. The fourth-order valence-electron chi connectivity index (χ4n) is 3.59. The summed E-state index contributed by atoms with van der Waals surface area (Å²) in [5.41, 5.74) is 2.50. The molecule has 1 aliphatic heterocycles. The molecule has 160 valence electrons. The van der Waals surface area contributed by atoms with E-state index < -0.39 is 11.6 Å². The van der Waals surface area contributed by atoms with Crippen LogP contribution < -0.4 is 10.1 Å². The molecule has 31 heavy (non-hydrogen) atoms. The highest BCUT2D eigenvalue weighted by molar-refractivity contribution is 5.78. The number of carbonyl (C=O) groups excluding carboxylic acids is 1. The summed E-state index contributed by atoms with van der Waals surface area (Å²) in [5, 5.41) is 3.16. The molecular weight excluding hydrogens is 402 g/mol. The molecule has 0 bridgehead atoms. The quantitative estimate of drug-likeness (QED) is 0.642. The minimum atomic E-state index is -0.491. The Morgan fingerprint density at radius 2 is 2.06 bits per heavy atom. The summed E-state index contributed by atoms with van der Waals surface area (Å²) in [6.07, 6.45) is 1.93. The number of benzene rings is 1. The molecule has 1 aromatic carbocycles. The van der Waals surface area contributed by atoms with Crippen LogP contribution in [0.25, 0.3) is 0 Å². The molecule has 1 aliphatic rings. The van der Waals surface area contributed by atoms with E-state index in [0.717, 1.165) is 29.7 Å². The fraction of sp³-hybridized carbons (Fsp3) is 0.261. The van der Waals surface area contributed by atoms with Crippen LogP contribution in [0.1, 0.15) is 23.7 Å². The van der Waals surface area contributed by atoms with Crippen LogP contribution in [-0.4, -0.2) is 40.5 Å². The lowest BCUT2D eigenvalue weighted by Gasteiger charge is -2.17. The van der Waals surface area contributed by atoms with Crippen molar-refractivity contribution in [2.45, 2.75) is 19.3 Å². The van der Waals surface area contributed by atoms with Gasteiger partial charge in [0, 0.05) is 36.1 Å². The van der Waals surface area contributed by atoms with Crippen molar-refractivity contribution in [2.24, 2.45) is 0 Å². The number of carbonyl (C=O) groups is 1. The van der Waals surface area contributed by atoms with Crippen molar-refractivity contribution < 1.29 is 18.3 Å². The van der Waals surface area contributed by atoms with Gasteiger partial charge in [-0.1, -0.05) is 12.1 Å². The Hall–Kier alpha value is -3.55. The first-order valence-corrected chi connectivity index (χ1v) is 10.0. The summed E-state index contributed by atoms with van der Waals surface area (Å²) in [5.74, 6) is -0.393. The molecule has 1 amide bonds. The fourth-order valence-corrected chi connectivity index (χ4v) is 3.59. The lowest BCUT2D eigenvalue weighted by atomic mass is 10.0. The topological polar surface area (TPSA) is 67.4 Å². The van der Waals surface area contributed by atoms with Gasteiger partial charge in [-0.25, -0.2) is 13.8 Å². The lowest BCUT2D eigenvalue weighted by Crippen LogP contribution is -2.33. The molecule has 6 nitrogen and oxygen atoms in total. The number of aromatic nitrogens is 2. The van der Waals surface area contributed by atoms with Crippen molar-refractivity contribution in [3.05, 3.63) is 77.8 Å². The van der Waals surface area contributed by atoms with Crippen LogP contribution in [0, 0.1) is 18.6 Å². The number of anilines is 2. The molecule has 3 heterocycles. The summed E-state index contributed by atoms with van der Waals surface area (Å²) < 4.78 is 32.1. The van der Waals surface area contributed by atoms with Crippen molar-refractivity contribution in [1.82, 2.24) is 14.9 Å². The number of hydrogen-bond donors (Lipinski definition) is 1. The third kappa shape index (κ3) is 5.14. The van der Waals surface area contributed by atoms with Crippen molar-refractivity contribution in [3.8, 4) is 5.75 Å². The number of halogens is 2. The van der Waals surface area contributed by atoms with Gasteiger partial charge >= 0.3 is 0 Å². The molecule has 8 heteroatoms. The average molecular weight is 424 g/mol. The molecular formula is C23H22F2N4O2. The predicted octanol–water partition coefficient (Wildman–Crippen LogP) is 4.20. The standard InChI is InChI=1S/C23H22F2N4O2/c1-15-10-18(28-22-7-6-17(24)12-26-22)11-20(27-15)16-8-9-29(13-16)23(30)14-31-21-5-3-2-4-19(21)25/h2-7,10-12,16H,8-9,13-14H2,1H3,(H,26,27,28)/t16-/m1/s1. The second-order valence-electron chi connectivity index (χ2n) is 7.45. The number of rotatable bonds is 6. The van der Waals surface area contributed by atoms with Gasteiger partial charge in [-0.3, -0.25) is 9.78 Å². The van der Waals surface area contributed by atoms with Gasteiger partial charge in [0.05, 0.1) is 6.20 Å². The molecule has 2 aromatic heterocycles. The number of hydrogen-bond acceptors (Lipinski definition) is 5. The smallest absolute Gasteiger partial charge is 0.260 e. The molecule has 1 atom stereocenters. The van der Waals surface area contributed by atoms with E-state index in [-0.39, 0.29) is 24.2 Å². The highest BCUT2D eigenvalue weighted by Crippen LogP contribution is 2.29. The van der Waals surface area contributed by atoms with E-state index >= 15 is 0 Å². The van der Waals surface area contributed by atoms with Gasteiger partial charge in [-0.05, 0) is 49.7 Å². The number of aryl methyl sites for hydroxylation is 1. The Bertz CT molecular complexity index is 1080. The van der Waals surface area contributed by atoms with Gasteiger partial charge in [0.25, 0.3) is 5.91 Å². The van der Waals surface area contributed by atoms with Crippen LogP contribution in [0.3, 0.4) is 0 Å². The second kappa shape index (κ2) is 9.07. The van der Waals surface area contributed by atoms with Crippen molar-refractivity contribution in [3.63, 3.8) is 0 Å². The zero-order valence-electron chi connectivity index (χ0n) is 17.0. The van der Waals surface area contributed by atoms with E-state index in [1.54, 1.807) is 23.1 Å². The van der Waals surface area contributed by atoms with Gasteiger partial charge in [0.1, 0.15) is 11.6 Å². The Balaban J connectivity index is 1.39. The van der Waals surface area contributed by atoms with E-state index in [1.807, 2.05) is 19.1 Å². The lowest BCUT2D eigenvalue weighted by molar-refractivity contribution is -0.132. The number of para-hydroxylation sites is 1. The first kappa shape index (κ1) is 20.7. The van der Waals surface area contributed by atoms with E-state index in [2.05, 4.69) is 15.3 Å². The van der Waals surface area contributed by atoms with Crippen molar-refractivity contribution >= 4 is 17.4 Å².